The number of carboxylic acids is 1. The highest BCUT2D eigenvalue weighted by Crippen LogP contribution is 2.13. The molecule has 1 aromatic carbocycles. The zero-order chi connectivity index (χ0) is 18.3. The van der Waals surface area contributed by atoms with Crippen LogP contribution in [0.15, 0.2) is 24.3 Å². The number of carbonyl (C=O) groups is 2. The zero-order valence-electron chi connectivity index (χ0n) is 15.8. The molecule has 0 saturated heterocycles. The third kappa shape index (κ3) is 10.8. The number of ketones is 1. The van der Waals surface area contributed by atoms with Gasteiger partial charge in [0.15, 0.2) is 0 Å². The fourth-order valence-electron chi connectivity index (χ4n) is 3.03. The van der Waals surface area contributed by atoms with Crippen LogP contribution in [0.3, 0.4) is 0 Å². The number of hydrogen-bond donors (Lipinski definition) is 1. The van der Waals surface area contributed by atoms with E-state index in [0.717, 1.165) is 18.4 Å². The molecular formula is C22H34O3. The predicted octanol–water partition coefficient (Wildman–Crippen LogP) is 6.20. The fraction of sp³-hybridized carbons (Fsp3) is 0.636. The lowest BCUT2D eigenvalue weighted by Crippen LogP contribution is -2.01. The first kappa shape index (κ1) is 21.4. The average Bonchev–Trinajstić information content (AvgIpc) is 2.62. The van der Waals surface area contributed by atoms with Gasteiger partial charge in [0.1, 0.15) is 5.78 Å². The molecule has 0 aliphatic carbocycles. The second-order valence-electron chi connectivity index (χ2n) is 6.97. The Morgan fingerprint density at radius 1 is 0.760 bits per heavy atom. The number of rotatable bonds is 15. The summed E-state index contributed by atoms with van der Waals surface area (Å²) in [4.78, 5) is 22.7. The first-order chi connectivity index (χ1) is 12.1. The third-order valence-corrected chi connectivity index (χ3v) is 4.70. The van der Waals surface area contributed by atoms with Gasteiger partial charge >= 0.3 is 5.97 Å². The van der Waals surface area contributed by atoms with Crippen LogP contribution < -0.4 is 0 Å². The van der Waals surface area contributed by atoms with Crippen molar-refractivity contribution < 1.29 is 14.7 Å². The predicted molar refractivity (Wildman–Crippen MR) is 103 cm³/mol. The molecule has 1 rings (SSSR count). The average molecular weight is 347 g/mol. The van der Waals surface area contributed by atoms with E-state index in [0.29, 0.717) is 30.6 Å². The second kappa shape index (κ2) is 13.6. The second-order valence-corrected chi connectivity index (χ2v) is 6.97. The Balaban J connectivity index is 1.99. The summed E-state index contributed by atoms with van der Waals surface area (Å²) in [6.45, 7) is 2.25. The Morgan fingerprint density at radius 2 is 1.28 bits per heavy atom. The maximum Gasteiger partial charge on any atom is 0.335 e. The van der Waals surface area contributed by atoms with Crippen molar-refractivity contribution in [1.29, 1.82) is 0 Å². The van der Waals surface area contributed by atoms with E-state index in [1.807, 2.05) is 0 Å². The van der Waals surface area contributed by atoms with Gasteiger partial charge in [0.25, 0.3) is 0 Å². The van der Waals surface area contributed by atoms with Gasteiger partial charge < -0.3 is 5.11 Å². The van der Waals surface area contributed by atoms with Gasteiger partial charge in [0.05, 0.1) is 5.56 Å². The van der Waals surface area contributed by atoms with Crippen LogP contribution in [0.2, 0.25) is 0 Å². The minimum absolute atomic E-state index is 0.292. The summed E-state index contributed by atoms with van der Waals surface area (Å²) < 4.78 is 0. The summed E-state index contributed by atoms with van der Waals surface area (Å²) in [5.74, 6) is -0.592. The van der Waals surface area contributed by atoms with Crippen molar-refractivity contribution in [1.82, 2.24) is 0 Å². The van der Waals surface area contributed by atoms with Gasteiger partial charge in [-0.3, -0.25) is 4.79 Å². The van der Waals surface area contributed by atoms with Crippen LogP contribution in [0.25, 0.3) is 0 Å². The molecule has 0 unspecified atom stereocenters. The maximum atomic E-state index is 11.9. The molecule has 0 atom stereocenters. The summed E-state index contributed by atoms with van der Waals surface area (Å²) in [6.07, 6.45) is 14.8. The van der Waals surface area contributed by atoms with Crippen molar-refractivity contribution in [3.05, 3.63) is 35.4 Å². The Bertz CT molecular complexity index is 490. The maximum absolute atomic E-state index is 11.9. The van der Waals surface area contributed by atoms with E-state index in [1.165, 1.54) is 51.4 Å². The summed E-state index contributed by atoms with van der Waals surface area (Å²) in [5.41, 5.74) is 1.32. The van der Waals surface area contributed by atoms with E-state index < -0.39 is 5.97 Å². The Kier molecular flexibility index (Phi) is 11.7. The van der Waals surface area contributed by atoms with E-state index in [9.17, 15) is 9.59 Å². The van der Waals surface area contributed by atoms with Crippen molar-refractivity contribution in [2.75, 3.05) is 0 Å². The number of aryl methyl sites for hydroxylation is 1. The molecule has 140 valence electrons. The number of unbranched alkanes of at least 4 members (excludes halogenated alkanes) is 9. The van der Waals surface area contributed by atoms with Gasteiger partial charge in [-0.2, -0.15) is 0 Å². The van der Waals surface area contributed by atoms with Crippen LogP contribution >= 0.6 is 0 Å². The van der Waals surface area contributed by atoms with Crippen LogP contribution in [-0.2, 0) is 11.2 Å². The van der Waals surface area contributed by atoms with Crippen LogP contribution in [0, 0.1) is 0 Å². The number of carbonyl (C=O) groups excluding carboxylic acids is 1. The molecule has 3 heteroatoms. The van der Waals surface area contributed by atoms with Crippen molar-refractivity contribution in [3.63, 3.8) is 0 Å². The molecule has 25 heavy (non-hydrogen) atoms. The van der Waals surface area contributed by atoms with Gasteiger partial charge in [-0.15, -0.1) is 0 Å². The van der Waals surface area contributed by atoms with E-state index in [2.05, 4.69) is 6.92 Å². The third-order valence-electron chi connectivity index (χ3n) is 4.70. The molecule has 0 radical (unpaired) electrons. The van der Waals surface area contributed by atoms with Crippen LogP contribution in [0.4, 0.5) is 0 Å². The van der Waals surface area contributed by atoms with Gasteiger partial charge in [-0.25, -0.2) is 4.79 Å². The molecule has 1 N–H and O–H groups in total. The van der Waals surface area contributed by atoms with E-state index >= 15 is 0 Å². The lowest BCUT2D eigenvalue weighted by atomic mass is 10.0. The Hall–Kier alpha value is -1.64. The normalized spacial score (nSPS) is 10.8. The lowest BCUT2D eigenvalue weighted by Gasteiger charge is -2.04. The minimum atomic E-state index is -0.913. The smallest absolute Gasteiger partial charge is 0.335 e. The highest BCUT2D eigenvalue weighted by atomic mass is 16.4. The number of aromatic carboxylic acids is 1. The highest BCUT2D eigenvalue weighted by molar-refractivity contribution is 5.87. The molecule has 0 heterocycles. The molecule has 1 aromatic rings. The molecule has 0 aliphatic rings. The van der Waals surface area contributed by atoms with Crippen LogP contribution in [-0.4, -0.2) is 16.9 Å². The van der Waals surface area contributed by atoms with Gasteiger partial charge in [0.2, 0.25) is 0 Å². The monoisotopic (exact) mass is 346 g/mol. The van der Waals surface area contributed by atoms with Gasteiger partial charge in [-0.05, 0) is 30.5 Å². The highest BCUT2D eigenvalue weighted by Gasteiger charge is 2.05. The van der Waals surface area contributed by atoms with Crippen molar-refractivity contribution in [3.8, 4) is 0 Å². The first-order valence-electron chi connectivity index (χ1n) is 9.97. The molecule has 3 nitrogen and oxygen atoms in total. The molecule has 0 saturated carbocycles. The summed E-state index contributed by atoms with van der Waals surface area (Å²) in [6, 6.07) is 6.81. The molecule has 0 aromatic heterocycles. The van der Waals surface area contributed by atoms with Crippen molar-refractivity contribution >= 4 is 11.8 Å². The number of carboxylic acid groups (broad SMARTS) is 1. The van der Waals surface area contributed by atoms with Crippen LogP contribution in [0.5, 0.6) is 0 Å². The molecule has 0 spiro atoms. The van der Waals surface area contributed by atoms with Gasteiger partial charge in [-0.1, -0.05) is 76.8 Å². The Labute approximate surface area is 152 Å². The first-order valence-corrected chi connectivity index (χ1v) is 9.97. The Morgan fingerprint density at radius 3 is 1.80 bits per heavy atom. The van der Waals surface area contributed by atoms with Crippen LogP contribution in [0.1, 0.15) is 99.9 Å². The number of hydrogen-bond acceptors (Lipinski definition) is 2. The summed E-state index contributed by atoms with van der Waals surface area (Å²) >= 11 is 0. The zero-order valence-corrected chi connectivity index (χ0v) is 15.8. The number of Topliss-reactive ketones (excluding diaryl/α,β-unsaturated/α-hetero) is 1. The molecule has 0 amide bonds. The van der Waals surface area contributed by atoms with Gasteiger partial charge in [0, 0.05) is 12.8 Å². The summed E-state index contributed by atoms with van der Waals surface area (Å²) in [7, 11) is 0. The fourth-order valence-corrected chi connectivity index (χ4v) is 3.03. The SMILES string of the molecule is CCCCCCCCCCCCC(=O)CCc1ccc(C(=O)O)cc1. The van der Waals surface area contributed by atoms with Crippen molar-refractivity contribution in [2.24, 2.45) is 0 Å². The molecular weight excluding hydrogens is 312 g/mol. The summed E-state index contributed by atoms with van der Waals surface area (Å²) in [5, 5.41) is 8.86. The quantitative estimate of drug-likeness (QED) is 0.385. The lowest BCUT2D eigenvalue weighted by molar-refractivity contribution is -0.119. The molecule has 0 aliphatic heterocycles. The topological polar surface area (TPSA) is 54.4 Å². The van der Waals surface area contributed by atoms with E-state index in [4.69, 9.17) is 5.11 Å². The standard InChI is InChI=1S/C22H34O3/c1-2-3-4-5-6-7-8-9-10-11-12-21(23)18-15-19-13-16-20(17-14-19)22(24)25/h13-14,16-17H,2-12,15,18H2,1H3,(H,24,25). The molecule has 0 bridgehead atoms. The van der Waals surface area contributed by atoms with E-state index in [1.54, 1.807) is 24.3 Å². The van der Waals surface area contributed by atoms with E-state index in [-0.39, 0.29) is 0 Å². The number of benzene rings is 1. The largest absolute Gasteiger partial charge is 0.478 e. The molecule has 0 fully saturated rings. The minimum Gasteiger partial charge on any atom is -0.478 e. The van der Waals surface area contributed by atoms with Crippen molar-refractivity contribution in [2.45, 2.75) is 90.4 Å².